The van der Waals surface area contributed by atoms with Gasteiger partial charge in [-0.15, -0.1) is 0 Å². The van der Waals surface area contributed by atoms with Gasteiger partial charge in [-0.2, -0.15) is 0 Å². The Hall–Kier alpha value is -4.18. The zero-order chi connectivity index (χ0) is 39.1. The molecule has 0 aliphatic carbocycles. The van der Waals surface area contributed by atoms with Crippen molar-refractivity contribution >= 4 is 29.4 Å². The van der Waals surface area contributed by atoms with E-state index in [2.05, 4.69) is 69.1 Å². The van der Waals surface area contributed by atoms with Gasteiger partial charge in [0.2, 0.25) is 17.7 Å². The van der Waals surface area contributed by atoms with Gasteiger partial charge in [0.25, 0.3) is 0 Å². The molecule has 2 aromatic carbocycles. The van der Waals surface area contributed by atoms with Gasteiger partial charge in [-0.25, -0.2) is 0 Å². The fourth-order valence-corrected chi connectivity index (χ4v) is 7.20. The summed E-state index contributed by atoms with van der Waals surface area (Å²) in [6, 6.07) is 18.1. The van der Waals surface area contributed by atoms with Crippen molar-refractivity contribution in [2.75, 3.05) is 39.0 Å². The minimum atomic E-state index is -0.620. The molecule has 10 nitrogen and oxygen atoms in total. The molecular weight excluding hydrogens is 679 g/mol. The number of hydrogen-bond donors (Lipinski definition) is 5. The average Bonchev–Trinajstić information content (AvgIpc) is 3.58. The second-order valence-electron chi connectivity index (χ2n) is 15.0. The Morgan fingerprint density at radius 1 is 0.852 bits per heavy atom. The first-order valence-electron chi connectivity index (χ1n) is 20.3. The summed E-state index contributed by atoms with van der Waals surface area (Å²) in [5.74, 6) is -0.264. The van der Waals surface area contributed by atoms with Crippen LogP contribution in [-0.2, 0) is 23.9 Å². The predicted molar refractivity (Wildman–Crippen MR) is 218 cm³/mol. The molecule has 10 heteroatoms. The van der Waals surface area contributed by atoms with Crippen LogP contribution in [0.5, 0.6) is 0 Å². The number of esters is 1. The van der Waals surface area contributed by atoms with Crippen molar-refractivity contribution in [3.63, 3.8) is 0 Å². The lowest BCUT2D eigenvalue weighted by Crippen LogP contribution is -2.47. The first-order valence-corrected chi connectivity index (χ1v) is 20.3. The summed E-state index contributed by atoms with van der Waals surface area (Å²) in [5.41, 5.74) is 4.82. The second-order valence-corrected chi connectivity index (χ2v) is 15.0. The molecule has 1 heterocycles. The molecule has 3 amide bonds. The van der Waals surface area contributed by atoms with E-state index in [1.807, 2.05) is 46.0 Å². The Morgan fingerprint density at radius 3 is 2.35 bits per heavy atom. The number of benzene rings is 2. The number of rotatable bonds is 26. The lowest BCUT2D eigenvalue weighted by Gasteiger charge is -2.21. The van der Waals surface area contributed by atoms with Gasteiger partial charge in [0.05, 0.1) is 12.5 Å². The normalized spacial score (nSPS) is 15.9. The number of hydrogen-bond acceptors (Lipinski definition) is 7. The summed E-state index contributed by atoms with van der Waals surface area (Å²) in [6.45, 7) is 8.28. The van der Waals surface area contributed by atoms with Crippen LogP contribution in [0.15, 0.2) is 66.2 Å². The highest BCUT2D eigenvalue weighted by molar-refractivity contribution is 5.88. The summed E-state index contributed by atoms with van der Waals surface area (Å²) >= 11 is 0. The molecular formula is C44H67N5O5. The summed E-state index contributed by atoms with van der Waals surface area (Å²) in [4.78, 5) is 50.8. The third kappa shape index (κ3) is 16.5. The highest BCUT2D eigenvalue weighted by Crippen LogP contribution is 2.37. The highest BCUT2D eigenvalue weighted by atomic mass is 16.5. The van der Waals surface area contributed by atoms with Gasteiger partial charge >= 0.3 is 5.97 Å². The smallest absolute Gasteiger partial charge is 0.306 e. The van der Waals surface area contributed by atoms with Gasteiger partial charge in [-0.1, -0.05) is 73.5 Å². The lowest BCUT2D eigenvalue weighted by atomic mass is 9.86. The maximum Gasteiger partial charge on any atom is 0.306 e. The molecule has 1 aliphatic rings. The summed E-state index contributed by atoms with van der Waals surface area (Å²) in [5, 5.41) is 15.2. The number of amides is 3. The molecule has 0 saturated heterocycles. The average molecular weight is 746 g/mol. The third-order valence-corrected chi connectivity index (χ3v) is 10.4. The molecule has 0 saturated carbocycles. The molecule has 0 fully saturated rings. The third-order valence-electron chi connectivity index (χ3n) is 10.4. The zero-order valence-electron chi connectivity index (χ0n) is 33.5. The number of allylic oxidation sites excluding steroid dienone is 2. The van der Waals surface area contributed by atoms with Crippen LogP contribution in [0.4, 0.5) is 5.69 Å². The number of ether oxygens (including phenoxy) is 1. The van der Waals surface area contributed by atoms with E-state index in [9.17, 15) is 19.2 Å². The number of carbonyl (C=O) groups excluding carboxylic acids is 4. The van der Waals surface area contributed by atoms with E-state index < -0.39 is 6.04 Å². The largest absolute Gasteiger partial charge is 0.463 e. The molecule has 2 aromatic rings. The van der Waals surface area contributed by atoms with Crippen LogP contribution in [0.25, 0.3) is 0 Å². The van der Waals surface area contributed by atoms with Gasteiger partial charge in [-0.05, 0) is 115 Å². The van der Waals surface area contributed by atoms with E-state index in [4.69, 9.17) is 4.74 Å². The van der Waals surface area contributed by atoms with Gasteiger partial charge in [0.1, 0.15) is 6.04 Å². The molecule has 0 spiro atoms. The van der Waals surface area contributed by atoms with Crippen LogP contribution >= 0.6 is 0 Å². The molecule has 3 rings (SSSR count). The Morgan fingerprint density at radius 2 is 1.59 bits per heavy atom. The van der Waals surface area contributed by atoms with Gasteiger partial charge < -0.3 is 31.3 Å². The van der Waals surface area contributed by atoms with Crippen LogP contribution in [0.3, 0.4) is 0 Å². The summed E-state index contributed by atoms with van der Waals surface area (Å²) in [7, 11) is 3.50. The van der Waals surface area contributed by atoms with E-state index in [0.29, 0.717) is 51.0 Å². The van der Waals surface area contributed by atoms with Crippen LogP contribution < -0.4 is 26.6 Å². The van der Waals surface area contributed by atoms with E-state index in [0.717, 1.165) is 63.6 Å². The lowest BCUT2D eigenvalue weighted by molar-refractivity contribution is -0.149. The van der Waals surface area contributed by atoms with Crippen LogP contribution in [-0.4, -0.2) is 69.6 Å². The van der Waals surface area contributed by atoms with Crippen LogP contribution in [0.2, 0.25) is 0 Å². The van der Waals surface area contributed by atoms with Crippen molar-refractivity contribution in [1.29, 1.82) is 0 Å². The van der Waals surface area contributed by atoms with E-state index in [-0.39, 0.29) is 41.6 Å². The summed E-state index contributed by atoms with van der Waals surface area (Å²) < 4.78 is 5.89. The van der Waals surface area contributed by atoms with E-state index in [1.54, 1.807) is 7.05 Å². The fraction of sp³-hybridized carbons (Fsp3) is 0.591. The van der Waals surface area contributed by atoms with Crippen molar-refractivity contribution in [3.8, 4) is 0 Å². The monoisotopic (exact) mass is 746 g/mol. The highest BCUT2D eigenvalue weighted by Gasteiger charge is 2.26. The number of fused-ring (bicyclic) bond motifs is 1. The van der Waals surface area contributed by atoms with E-state index >= 15 is 0 Å². The number of likely N-dealkylation sites (N-methyl/N-ethyl adjacent to an activating group) is 1. The Kier molecular flexibility index (Phi) is 20.5. The predicted octanol–water partition coefficient (Wildman–Crippen LogP) is 7.13. The molecule has 0 bridgehead atoms. The molecule has 1 aliphatic heterocycles. The first-order chi connectivity index (χ1) is 26.1. The Labute approximate surface area is 324 Å². The van der Waals surface area contributed by atoms with Gasteiger partial charge in [0.15, 0.2) is 0 Å². The number of anilines is 1. The Bertz CT molecular complexity index is 1460. The minimum absolute atomic E-state index is 0.0609. The van der Waals surface area contributed by atoms with Crippen molar-refractivity contribution < 1.29 is 23.9 Å². The van der Waals surface area contributed by atoms with Crippen LogP contribution in [0.1, 0.15) is 127 Å². The second kappa shape index (κ2) is 25.0. The number of unbranched alkanes of at least 4 members (excludes halogenated alkanes) is 3. The number of para-hydroxylation sites is 1. The van der Waals surface area contributed by atoms with Crippen LogP contribution in [0, 0.1) is 5.92 Å². The standard InChI is InChI=1S/C44H67N5O5/c1-32(29-33(2)43(52)49-40(44(53)46-5)23-13-15-28-47-41(50)24-10-7-14-27-45-4)17-16-18-34(3)54-42(51)30-36(35-19-8-6-9-20-35)25-26-37-31-48-39-22-12-11-21-38(37)39/h6,8-9,11-12,17,19-22,33-34,36-37,40,45,48H,7,10,13-16,18,23-31H2,1-5H3,(H,46,53)(H,47,50)(H,49,52)/b32-17+/t33?,34-,36+,37?,40-/m0/s1. The number of carbonyl (C=O) groups is 4. The van der Waals surface area contributed by atoms with E-state index in [1.165, 1.54) is 16.8 Å². The topological polar surface area (TPSA) is 138 Å². The van der Waals surface area contributed by atoms with Crippen molar-refractivity contribution in [1.82, 2.24) is 21.3 Å². The fourth-order valence-electron chi connectivity index (χ4n) is 7.20. The molecule has 298 valence electrons. The molecule has 5 atom stereocenters. The first kappa shape index (κ1) is 44.2. The maximum absolute atomic E-state index is 13.2. The van der Waals surface area contributed by atoms with Crippen molar-refractivity contribution in [2.45, 2.75) is 128 Å². The maximum atomic E-state index is 13.2. The Balaban J connectivity index is 1.37. The minimum Gasteiger partial charge on any atom is -0.463 e. The number of nitrogens with one attached hydrogen (secondary N) is 5. The quantitative estimate of drug-likeness (QED) is 0.0393. The van der Waals surface area contributed by atoms with Gasteiger partial charge in [-0.3, -0.25) is 19.2 Å². The summed E-state index contributed by atoms with van der Waals surface area (Å²) in [6.07, 6.45) is 11.6. The molecule has 54 heavy (non-hydrogen) atoms. The molecule has 0 radical (unpaired) electrons. The SMILES string of the molecule is CNCCCCCC(=O)NCCCC[C@H](NC(=O)C(C)C/C(C)=C/CC[C@H](C)OC(=O)C[C@@H](CCC1CNc2ccccc21)c1ccccc1)C(=O)NC. The van der Waals surface area contributed by atoms with Crippen molar-refractivity contribution in [3.05, 3.63) is 77.4 Å². The molecule has 5 N–H and O–H groups in total. The molecule has 2 unspecified atom stereocenters. The molecule has 0 aromatic heterocycles. The van der Waals surface area contributed by atoms with Crippen molar-refractivity contribution in [2.24, 2.45) is 5.92 Å². The van der Waals surface area contributed by atoms with Gasteiger partial charge in [0, 0.05) is 44.1 Å². The zero-order valence-corrected chi connectivity index (χ0v) is 33.5.